The molecule has 2 aliphatic rings. The van der Waals surface area contributed by atoms with Gasteiger partial charge in [-0.1, -0.05) is 84.9 Å². The Balaban J connectivity index is 1.57. The molecular formula is C25H24S. The van der Waals surface area contributed by atoms with Crippen molar-refractivity contribution < 1.29 is 0 Å². The van der Waals surface area contributed by atoms with E-state index in [2.05, 4.69) is 96.7 Å². The number of rotatable bonds is 2. The summed E-state index contributed by atoms with van der Waals surface area (Å²) in [6.07, 6.45) is 3.80. The Hall–Kier alpha value is -1.99. The summed E-state index contributed by atoms with van der Waals surface area (Å²) < 4.78 is 0. The van der Waals surface area contributed by atoms with Crippen LogP contribution in [0.25, 0.3) is 0 Å². The first-order valence-corrected chi connectivity index (χ1v) is 10.7. The zero-order valence-electron chi connectivity index (χ0n) is 14.9. The van der Waals surface area contributed by atoms with Crippen molar-refractivity contribution in [3.05, 3.63) is 107 Å². The zero-order chi connectivity index (χ0) is 17.3. The highest BCUT2D eigenvalue weighted by molar-refractivity contribution is 7.99. The lowest BCUT2D eigenvalue weighted by Gasteiger charge is -2.45. The molecule has 0 spiro atoms. The summed E-state index contributed by atoms with van der Waals surface area (Å²) in [6, 6.07) is 31.5. The van der Waals surface area contributed by atoms with Crippen LogP contribution in [0.2, 0.25) is 0 Å². The van der Waals surface area contributed by atoms with Crippen molar-refractivity contribution in [2.75, 3.05) is 0 Å². The third kappa shape index (κ3) is 2.89. The molecule has 0 amide bonds. The molecule has 1 heterocycles. The third-order valence-electron chi connectivity index (χ3n) is 6.19. The number of fused-ring (bicyclic) bond motifs is 3. The van der Waals surface area contributed by atoms with Gasteiger partial charge in [-0.25, -0.2) is 0 Å². The van der Waals surface area contributed by atoms with Gasteiger partial charge in [-0.05, 0) is 53.4 Å². The van der Waals surface area contributed by atoms with E-state index in [4.69, 9.17) is 0 Å². The zero-order valence-corrected chi connectivity index (χ0v) is 15.7. The Morgan fingerprint density at radius 1 is 0.692 bits per heavy atom. The summed E-state index contributed by atoms with van der Waals surface area (Å²) in [5.41, 5.74) is 6.18. The quantitative estimate of drug-likeness (QED) is 0.478. The van der Waals surface area contributed by atoms with E-state index in [0.29, 0.717) is 16.4 Å². The first kappa shape index (κ1) is 16.2. The lowest BCUT2D eigenvalue weighted by atomic mass is 9.71. The standard InChI is InChI=1S/C25H24S/c1-3-9-18(10-4-1)23-17-24(20-12-5-2-6-13-20)26-25-21-14-8-7-11-19(21)15-16-22(23)25/h1-14,22-25H,15-17H2. The highest BCUT2D eigenvalue weighted by Crippen LogP contribution is 2.60. The maximum atomic E-state index is 2.38. The van der Waals surface area contributed by atoms with Crippen molar-refractivity contribution in [1.29, 1.82) is 0 Å². The minimum Gasteiger partial charge on any atom is -0.145 e. The number of aryl methyl sites for hydroxylation is 1. The van der Waals surface area contributed by atoms with Gasteiger partial charge in [0, 0.05) is 10.5 Å². The molecule has 1 aliphatic carbocycles. The minimum atomic E-state index is 0.578. The van der Waals surface area contributed by atoms with Gasteiger partial charge < -0.3 is 0 Å². The van der Waals surface area contributed by atoms with Crippen LogP contribution in [-0.2, 0) is 6.42 Å². The average Bonchev–Trinajstić information content (AvgIpc) is 2.74. The average molecular weight is 357 g/mol. The molecule has 0 nitrogen and oxygen atoms in total. The third-order valence-corrected chi connectivity index (χ3v) is 7.88. The van der Waals surface area contributed by atoms with E-state index in [1.807, 2.05) is 0 Å². The molecule has 5 rings (SSSR count). The molecule has 0 N–H and O–H groups in total. The lowest BCUT2D eigenvalue weighted by Crippen LogP contribution is -2.30. The van der Waals surface area contributed by atoms with Crippen molar-refractivity contribution in [2.45, 2.75) is 35.7 Å². The normalized spacial score (nSPS) is 27.4. The molecule has 0 aromatic heterocycles. The van der Waals surface area contributed by atoms with Crippen LogP contribution in [0.4, 0.5) is 0 Å². The van der Waals surface area contributed by atoms with Gasteiger partial charge in [0.1, 0.15) is 0 Å². The van der Waals surface area contributed by atoms with Crippen LogP contribution in [-0.4, -0.2) is 0 Å². The first-order valence-electron chi connectivity index (χ1n) is 9.73. The van der Waals surface area contributed by atoms with E-state index in [1.165, 1.54) is 30.4 Å². The summed E-state index contributed by atoms with van der Waals surface area (Å²) in [7, 11) is 0. The van der Waals surface area contributed by atoms with Gasteiger partial charge in [0.25, 0.3) is 0 Å². The maximum absolute atomic E-state index is 2.38. The SMILES string of the molecule is c1ccc(C2CC(c3ccccc3)C3CCc4ccccc4C3S2)cc1. The van der Waals surface area contributed by atoms with Crippen molar-refractivity contribution in [3.63, 3.8) is 0 Å². The van der Waals surface area contributed by atoms with Gasteiger partial charge in [-0.3, -0.25) is 0 Å². The molecule has 130 valence electrons. The number of thioether (sulfide) groups is 1. The van der Waals surface area contributed by atoms with Crippen LogP contribution < -0.4 is 0 Å². The summed E-state index contributed by atoms with van der Waals surface area (Å²) in [5.74, 6) is 1.40. The van der Waals surface area contributed by atoms with Crippen molar-refractivity contribution >= 4 is 11.8 Å². The molecule has 4 unspecified atom stereocenters. The Morgan fingerprint density at radius 3 is 2.12 bits per heavy atom. The second-order valence-corrected chi connectivity index (χ2v) is 8.96. The van der Waals surface area contributed by atoms with Crippen LogP contribution >= 0.6 is 11.8 Å². The van der Waals surface area contributed by atoms with Gasteiger partial charge in [-0.2, -0.15) is 0 Å². The van der Waals surface area contributed by atoms with Gasteiger partial charge in [-0.15, -0.1) is 11.8 Å². The number of hydrogen-bond acceptors (Lipinski definition) is 1. The largest absolute Gasteiger partial charge is 0.145 e. The molecule has 1 heteroatoms. The maximum Gasteiger partial charge on any atom is 0.0340 e. The molecule has 0 bridgehead atoms. The fourth-order valence-electron chi connectivity index (χ4n) is 4.93. The van der Waals surface area contributed by atoms with E-state index < -0.39 is 0 Å². The molecule has 3 aromatic carbocycles. The van der Waals surface area contributed by atoms with Gasteiger partial charge in [0.05, 0.1) is 0 Å². The Bertz CT molecular complexity index is 871. The smallest absolute Gasteiger partial charge is 0.0340 e. The Morgan fingerprint density at radius 2 is 1.35 bits per heavy atom. The molecule has 26 heavy (non-hydrogen) atoms. The summed E-state index contributed by atoms with van der Waals surface area (Å²) >= 11 is 2.21. The summed E-state index contributed by atoms with van der Waals surface area (Å²) in [5, 5.41) is 1.19. The minimum absolute atomic E-state index is 0.578. The van der Waals surface area contributed by atoms with Crippen LogP contribution in [0.15, 0.2) is 84.9 Å². The van der Waals surface area contributed by atoms with Gasteiger partial charge >= 0.3 is 0 Å². The number of hydrogen-bond donors (Lipinski definition) is 0. The van der Waals surface area contributed by atoms with Crippen LogP contribution in [0, 0.1) is 5.92 Å². The predicted octanol–water partition coefficient (Wildman–Crippen LogP) is 6.95. The van der Waals surface area contributed by atoms with E-state index in [0.717, 1.165) is 5.92 Å². The van der Waals surface area contributed by atoms with E-state index in [9.17, 15) is 0 Å². The lowest BCUT2D eigenvalue weighted by molar-refractivity contribution is 0.336. The molecular weight excluding hydrogens is 332 g/mol. The summed E-state index contributed by atoms with van der Waals surface area (Å²) in [4.78, 5) is 0. The van der Waals surface area contributed by atoms with Gasteiger partial charge in [0.2, 0.25) is 0 Å². The van der Waals surface area contributed by atoms with Gasteiger partial charge in [0.15, 0.2) is 0 Å². The first-order chi connectivity index (χ1) is 12.9. The van der Waals surface area contributed by atoms with Crippen molar-refractivity contribution in [1.82, 2.24) is 0 Å². The van der Waals surface area contributed by atoms with Crippen molar-refractivity contribution in [2.24, 2.45) is 5.92 Å². The topological polar surface area (TPSA) is 0 Å². The molecule has 4 atom stereocenters. The van der Waals surface area contributed by atoms with E-state index in [-0.39, 0.29) is 0 Å². The van der Waals surface area contributed by atoms with E-state index >= 15 is 0 Å². The van der Waals surface area contributed by atoms with Crippen LogP contribution in [0.3, 0.4) is 0 Å². The number of benzene rings is 3. The van der Waals surface area contributed by atoms with Crippen molar-refractivity contribution in [3.8, 4) is 0 Å². The van der Waals surface area contributed by atoms with Crippen LogP contribution in [0.1, 0.15) is 51.5 Å². The fraction of sp³-hybridized carbons (Fsp3) is 0.280. The Kier molecular flexibility index (Phi) is 4.34. The predicted molar refractivity (Wildman–Crippen MR) is 112 cm³/mol. The Labute approximate surface area is 160 Å². The summed E-state index contributed by atoms with van der Waals surface area (Å²) in [6.45, 7) is 0. The second-order valence-electron chi connectivity index (χ2n) is 7.61. The second kappa shape index (κ2) is 6.96. The molecule has 1 fully saturated rings. The molecule has 0 saturated carbocycles. The molecule has 3 aromatic rings. The molecule has 1 aliphatic heterocycles. The molecule has 0 radical (unpaired) electrons. The highest BCUT2D eigenvalue weighted by atomic mass is 32.2. The highest BCUT2D eigenvalue weighted by Gasteiger charge is 2.42. The van der Waals surface area contributed by atoms with Crippen LogP contribution in [0.5, 0.6) is 0 Å². The fourth-order valence-corrected chi connectivity index (χ4v) is 6.82. The molecule has 1 saturated heterocycles. The monoisotopic (exact) mass is 356 g/mol. The van der Waals surface area contributed by atoms with E-state index in [1.54, 1.807) is 11.1 Å².